The van der Waals surface area contributed by atoms with E-state index in [4.69, 9.17) is 0 Å². The lowest BCUT2D eigenvalue weighted by Crippen LogP contribution is -2.54. The minimum Gasteiger partial charge on any atom is -0.322 e. The fourth-order valence-electron chi connectivity index (χ4n) is 6.96. The van der Waals surface area contributed by atoms with Gasteiger partial charge in [0.15, 0.2) is 0 Å². The van der Waals surface area contributed by atoms with Gasteiger partial charge in [0.2, 0.25) is 23.6 Å². The van der Waals surface area contributed by atoms with E-state index < -0.39 is 47.0 Å². The number of carbonyl (C=O) groups excluding carboxylic acids is 7. The highest BCUT2D eigenvalue weighted by Crippen LogP contribution is 2.41. The van der Waals surface area contributed by atoms with Gasteiger partial charge in [-0.3, -0.25) is 49.1 Å². The monoisotopic (exact) mass is 612 g/mol. The normalized spacial score (nSPS) is 22.1. The summed E-state index contributed by atoms with van der Waals surface area (Å²) in [5, 5.41) is 4.57. The predicted octanol–water partition coefficient (Wildman–Crippen LogP) is 2.88. The molecule has 11 heteroatoms. The van der Waals surface area contributed by atoms with Crippen molar-refractivity contribution in [1.29, 1.82) is 0 Å². The second-order valence-electron chi connectivity index (χ2n) is 13.7. The number of hydrogen-bond donors (Lipinski definition) is 2. The molecule has 0 aromatic heterocycles. The molecule has 2 aromatic carbocycles. The van der Waals surface area contributed by atoms with E-state index >= 15 is 0 Å². The van der Waals surface area contributed by atoms with Crippen LogP contribution in [0, 0.1) is 0 Å². The van der Waals surface area contributed by atoms with Crippen LogP contribution in [0.3, 0.4) is 0 Å². The Morgan fingerprint density at radius 2 is 1.33 bits per heavy atom. The summed E-state index contributed by atoms with van der Waals surface area (Å²) in [6.45, 7) is 8.55. The second kappa shape index (κ2) is 10.7. The van der Waals surface area contributed by atoms with Crippen LogP contribution >= 0.6 is 0 Å². The molecule has 0 spiro atoms. The summed E-state index contributed by atoms with van der Waals surface area (Å²) >= 11 is 0. The van der Waals surface area contributed by atoms with E-state index in [9.17, 15) is 33.6 Å². The van der Waals surface area contributed by atoms with Crippen molar-refractivity contribution < 1.29 is 33.6 Å². The van der Waals surface area contributed by atoms with E-state index in [1.165, 1.54) is 0 Å². The Balaban J connectivity index is 1.20. The molecule has 2 saturated heterocycles. The third-order valence-corrected chi connectivity index (χ3v) is 9.88. The molecule has 7 amide bonds. The van der Waals surface area contributed by atoms with Crippen molar-refractivity contribution in [2.45, 2.75) is 95.7 Å². The van der Waals surface area contributed by atoms with Crippen LogP contribution in [0.2, 0.25) is 0 Å². The number of fused-ring (bicyclic) bond motifs is 2. The highest BCUT2D eigenvalue weighted by molar-refractivity contribution is 6.24. The van der Waals surface area contributed by atoms with Crippen LogP contribution in [0.1, 0.15) is 114 Å². The van der Waals surface area contributed by atoms with Gasteiger partial charge in [-0.25, -0.2) is 0 Å². The summed E-state index contributed by atoms with van der Waals surface area (Å²) in [4.78, 5) is 91.3. The first-order chi connectivity index (χ1) is 21.2. The smallest absolute Gasteiger partial charge is 0.262 e. The molecule has 45 heavy (non-hydrogen) atoms. The Kier molecular flexibility index (Phi) is 7.25. The fourth-order valence-corrected chi connectivity index (χ4v) is 6.96. The highest BCUT2D eigenvalue weighted by Gasteiger charge is 2.47. The zero-order valence-corrected chi connectivity index (χ0v) is 25.8. The Labute approximate surface area is 260 Å². The summed E-state index contributed by atoms with van der Waals surface area (Å²) in [7, 11) is 0. The second-order valence-corrected chi connectivity index (χ2v) is 13.7. The van der Waals surface area contributed by atoms with E-state index in [1.807, 2.05) is 38.1 Å². The molecule has 0 saturated carbocycles. The number of nitrogens with zero attached hydrogens (tertiary/aromatic N) is 2. The molecule has 2 fully saturated rings. The van der Waals surface area contributed by atoms with Gasteiger partial charge in [-0.1, -0.05) is 52.0 Å². The number of amides is 7. The van der Waals surface area contributed by atoms with Crippen molar-refractivity contribution in [3.8, 4) is 0 Å². The lowest BCUT2D eigenvalue weighted by molar-refractivity contribution is -0.138. The van der Waals surface area contributed by atoms with Crippen molar-refractivity contribution in [3.05, 3.63) is 69.8 Å². The van der Waals surface area contributed by atoms with Crippen LogP contribution in [-0.2, 0) is 36.6 Å². The van der Waals surface area contributed by atoms with Gasteiger partial charge in [0.25, 0.3) is 17.7 Å². The van der Waals surface area contributed by atoms with Crippen LogP contribution in [0.5, 0.6) is 0 Å². The van der Waals surface area contributed by atoms with Crippen molar-refractivity contribution in [3.63, 3.8) is 0 Å². The molecular formula is C34H36N4O7. The zero-order valence-electron chi connectivity index (χ0n) is 25.8. The first-order valence-electron chi connectivity index (χ1n) is 15.3. The molecule has 6 rings (SSSR count). The SMILES string of the molecule is CC(C)(CCC(C)(C)c1cccc2c1C(=O)N(C1CCC(=O)NC1=O)C2=O)c1ccc2c(c1)C(=O)N(C1CCC(=O)NC1=O)C2. The van der Waals surface area contributed by atoms with Gasteiger partial charge in [-0.05, 0) is 65.3 Å². The van der Waals surface area contributed by atoms with Crippen LogP contribution in [-0.4, -0.2) is 63.2 Å². The van der Waals surface area contributed by atoms with Gasteiger partial charge in [0.1, 0.15) is 12.1 Å². The van der Waals surface area contributed by atoms with E-state index in [0.29, 0.717) is 42.5 Å². The molecule has 2 aromatic rings. The highest BCUT2D eigenvalue weighted by atomic mass is 16.2. The Hall–Kier alpha value is -4.67. The molecule has 2 unspecified atom stereocenters. The summed E-state index contributed by atoms with van der Waals surface area (Å²) < 4.78 is 0. The van der Waals surface area contributed by atoms with Gasteiger partial charge in [-0.15, -0.1) is 0 Å². The van der Waals surface area contributed by atoms with Gasteiger partial charge in [0, 0.05) is 24.9 Å². The molecule has 0 bridgehead atoms. The maximum Gasteiger partial charge on any atom is 0.262 e. The minimum absolute atomic E-state index is 0.0560. The standard InChI is InChI=1S/C34H36N4O7/c1-33(2,19-9-8-18-17-37(30(43)21(18)16-19)23-10-12-25(39)35-28(23)41)14-15-34(3,4)22-7-5-6-20-27(22)32(45)38(31(20)44)24-11-13-26(40)36-29(24)42/h5-9,16,23-24H,10-15,17H2,1-4H3,(H,35,39,41)(H,36,40,42). The molecule has 4 aliphatic rings. The first-order valence-corrected chi connectivity index (χ1v) is 15.3. The average Bonchev–Trinajstić information content (AvgIpc) is 3.44. The van der Waals surface area contributed by atoms with E-state index in [-0.39, 0.29) is 42.1 Å². The Morgan fingerprint density at radius 1 is 0.711 bits per heavy atom. The molecule has 0 aliphatic carbocycles. The third kappa shape index (κ3) is 5.13. The summed E-state index contributed by atoms with van der Waals surface area (Å²) in [6, 6.07) is 9.34. The fraction of sp³-hybridized carbons (Fsp3) is 0.441. The molecule has 11 nitrogen and oxygen atoms in total. The number of piperidine rings is 2. The van der Waals surface area contributed by atoms with Crippen molar-refractivity contribution in [2.75, 3.05) is 0 Å². The largest absolute Gasteiger partial charge is 0.322 e. The lowest BCUT2D eigenvalue weighted by atomic mass is 9.71. The Morgan fingerprint density at radius 3 is 1.98 bits per heavy atom. The van der Waals surface area contributed by atoms with E-state index in [1.54, 1.807) is 17.0 Å². The minimum atomic E-state index is -1.03. The number of carbonyl (C=O) groups is 7. The number of benzene rings is 2. The molecule has 0 radical (unpaired) electrons. The van der Waals surface area contributed by atoms with Gasteiger partial charge in [-0.2, -0.15) is 0 Å². The molecule has 2 N–H and O–H groups in total. The third-order valence-electron chi connectivity index (χ3n) is 9.88. The average molecular weight is 613 g/mol. The lowest BCUT2D eigenvalue weighted by Gasteiger charge is -2.33. The van der Waals surface area contributed by atoms with Gasteiger partial charge in [0.05, 0.1) is 11.1 Å². The van der Waals surface area contributed by atoms with Crippen LogP contribution in [0.25, 0.3) is 0 Å². The summed E-state index contributed by atoms with van der Waals surface area (Å²) in [5.41, 5.74) is 2.73. The summed E-state index contributed by atoms with van der Waals surface area (Å²) in [5.74, 6) is -3.10. The number of imide groups is 3. The zero-order chi connectivity index (χ0) is 32.4. The molecular weight excluding hydrogens is 576 g/mol. The van der Waals surface area contributed by atoms with Gasteiger partial charge < -0.3 is 4.90 Å². The Bertz CT molecular complexity index is 1710. The topological polar surface area (TPSA) is 150 Å². The summed E-state index contributed by atoms with van der Waals surface area (Å²) in [6.07, 6.45) is 1.98. The maximum atomic E-state index is 13.7. The molecule has 2 atom stereocenters. The predicted molar refractivity (Wildman–Crippen MR) is 161 cm³/mol. The van der Waals surface area contributed by atoms with E-state index in [0.717, 1.165) is 16.0 Å². The van der Waals surface area contributed by atoms with Crippen LogP contribution < -0.4 is 10.6 Å². The molecule has 234 valence electrons. The number of hydrogen-bond acceptors (Lipinski definition) is 7. The first kappa shape index (κ1) is 30.4. The van der Waals surface area contributed by atoms with Crippen LogP contribution in [0.4, 0.5) is 0 Å². The van der Waals surface area contributed by atoms with Crippen molar-refractivity contribution >= 4 is 41.4 Å². The van der Waals surface area contributed by atoms with Gasteiger partial charge >= 0.3 is 0 Å². The molecule has 4 aliphatic heterocycles. The van der Waals surface area contributed by atoms with E-state index in [2.05, 4.69) is 24.5 Å². The van der Waals surface area contributed by atoms with Crippen molar-refractivity contribution in [2.24, 2.45) is 0 Å². The molecule has 4 heterocycles. The van der Waals surface area contributed by atoms with Crippen LogP contribution in [0.15, 0.2) is 36.4 Å². The number of rotatable bonds is 7. The quantitative estimate of drug-likeness (QED) is 0.457. The maximum absolute atomic E-state index is 13.7. The van der Waals surface area contributed by atoms with Crippen molar-refractivity contribution in [1.82, 2.24) is 20.4 Å². The number of nitrogens with one attached hydrogen (secondary N) is 2.